The third-order valence-electron chi connectivity index (χ3n) is 4.66. The summed E-state index contributed by atoms with van der Waals surface area (Å²) in [5.74, 6) is 0.116. The molecule has 1 saturated carbocycles. The van der Waals surface area contributed by atoms with Crippen LogP contribution in [0.1, 0.15) is 31.2 Å². The van der Waals surface area contributed by atoms with Crippen LogP contribution in [-0.4, -0.2) is 11.0 Å². The fourth-order valence-electron chi connectivity index (χ4n) is 3.14. The number of aromatic hydroxyl groups is 1. The molecule has 0 saturated heterocycles. The monoisotopic (exact) mass is 269 g/mol. The van der Waals surface area contributed by atoms with Gasteiger partial charge < -0.3 is 10.8 Å². The predicted molar refractivity (Wildman–Crippen MR) is 79.4 cm³/mol. The van der Waals surface area contributed by atoms with Crippen molar-refractivity contribution in [2.75, 3.05) is 0 Å². The van der Waals surface area contributed by atoms with Crippen LogP contribution in [0.3, 0.4) is 0 Å². The Kier molecular flexibility index (Phi) is 3.13. The first kappa shape index (κ1) is 13.0. The number of nitrogens with two attached hydrogens (primary N) is 1. The molecule has 3 heteroatoms. The molecule has 2 aromatic rings. The molecule has 0 bridgehead atoms. The van der Waals surface area contributed by atoms with Crippen molar-refractivity contribution in [3.63, 3.8) is 0 Å². The second-order valence-corrected chi connectivity index (χ2v) is 5.82. The number of carbonyl (C=O) groups excluding carboxylic acids is 1. The van der Waals surface area contributed by atoms with Gasteiger partial charge in [-0.05, 0) is 54.2 Å². The van der Waals surface area contributed by atoms with Crippen LogP contribution in [0.15, 0.2) is 36.4 Å². The van der Waals surface area contributed by atoms with E-state index in [9.17, 15) is 9.90 Å². The molecule has 0 aromatic heterocycles. The number of benzene rings is 2. The van der Waals surface area contributed by atoms with E-state index in [2.05, 4.69) is 6.07 Å². The number of amides is 1. The van der Waals surface area contributed by atoms with Crippen LogP contribution in [0.2, 0.25) is 0 Å². The van der Waals surface area contributed by atoms with E-state index in [1.54, 1.807) is 12.1 Å². The molecule has 2 aromatic carbocycles. The van der Waals surface area contributed by atoms with Crippen LogP contribution in [0, 0.1) is 5.41 Å². The van der Waals surface area contributed by atoms with E-state index in [1.165, 1.54) is 5.56 Å². The van der Waals surface area contributed by atoms with Crippen LogP contribution in [-0.2, 0) is 11.2 Å². The van der Waals surface area contributed by atoms with Crippen molar-refractivity contribution in [2.45, 2.75) is 32.1 Å². The number of fused-ring (bicyclic) bond motifs is 1. The van der Waals surface area contributed by atoms with Crippen molar-refractivity contribution in [3.05, 3.63) is 42.0 Å². The van der Waals surface area contributed by atoms with E-state index in [1.807, 2.05) is 18.2 Å². The van der Waals surface area contributed by atoms with Crippen LogP contribution in [0.5, 0.6) is 5.75 Å². The molecule has 104 valence electrons. The van der Waals surface area contributed by atoms with Gasteiger partial charge in [-0.2, -0.15) is 0 Å². The Morgan fingerprint density at radius 2 is 2.05 bits per heavy atom. The summed E-state index contributed by atoms with van der Waals surface area (Å²) in [4.78, 5) is 11.6. The minimum absolute atomic E-state index is 0.160. The van der Waals surface area contributed by atoms with E-state index >= 15 is 0 Å². The molecule has 0 atom stereocenters. The Morgan fingerprint density at radius 1 is 1.25 bits per heavy atom. The van der Waals surface area contributed by atoms with Crippen LogP contribution >= 0.6 is 0 Å². The molecule has 1 aliphatic rings. The zero-order valence-electron chi connectivity index (χ0n) is 11.4. The number of rotatable bonds is 4. The summed E-state index contributed by atoms with van der Waals surface area (Å²) in [5.41, 5.74) is 6.43. The Bertz CT molecular complexity index is 659. The number of hydrogen-bond acceptors (Lipinski definition) is 2. The second-order valence-electron chi connectivity index (χ2n) is 5.82. The third kappa shape index (κ3) is 2.13. The van der Waals surface area contributed by atoms with Crippen LogP contribution < -0.4 is 5.73 Å². The van der Waals surface area contributed by atoms with Gasteiger partial charge in [-0.25, -0.2) is 0 Å². The maximum Gasteiger partial charge on any atom is 0.223 e. The van der Waals surface area contributed by atoms with Crippen LogP contribution in [0.25, 0.3) is 10.8 Å². The summed E-state index contributed by atoms with van der Waals surface area (Å²) in [7, 11) is 0. The number of aryl methyl sites for hydroxylation is 1. The molecule has 0 heterocycles. The molecule has 3 N–H and O–H groups in total. The maximum absolute atomic E-state index is 11.6. The predicted octanol–water partition coefficient (Wildman–Crippen LogP) is 3.13. The van der Waals surface area contributed by atoms with Gasteiger partial charge in [0.2, 0.25) is 5.91 Å². The SMILES string of the molecule is NC(=O)C1(CCc2cccc3ccc(O)cc23)CCC1. The second kappa shape index (κ2) is 4.82. The van der Waals surface area contributed by atoms with Gasteiger partial charge in [0.15, 0.2) is 0 Å². The lowest BCUT2D eigenvalue weighted by Gasteiger charge is -2.39. The molecule has 0 unspecified atom stereocenters. The van der Waals surface area contributed by atoms with Gasteiger partial charge in [-0.15, -0.1) is 0 Å². The number of phenols is 1. The van der Waals surface area contributed by atoms with Crippen molar-refractivity contribution in [1.82, 2.24) is 0 Å². The maximum atomic E-state index is 11.6. The Labute approximate surface area is 118 Å². The van der Waals surface area contributed by atoms with E-state index in [4.69, 9.17) is 5.73 Å². The van der Waals surface area contributed by atoms with Crippen molar-refractivity contribution < 1.29 is 9.90 Å². The fourth-order valence-corrected chi connectivity index (χ4v) is 3.14. The fraction of sp³-hybridized carbons (Fsp3) is 0.353. The van der Waals surface area contributed by atoms with Gasteiger partial charge in [-0.3, -0.25) is 4.79 Å². The molecule has 1 aliphatic carbocycles. The van der Waals surface area contributed by atoms with Gasteiger partial charge in [0.1, 0.15) is 5.75 Å². The lowest BCUT2D eigenvalue weighted by Crippen LogP contribution is -2.43. The number of primary amides is 1. The summed E-state index contributed by atoms with van der Waals surface area (Å²) in [6, 6.07) is 11.5. The van der Waals surface area contributed by atoms with Crippen molar-refractivity contribution in [3.8, 4) is 5.75 Å². The highest BCUT2D eigenvalue weighted by Crippen LogP contribution is 2.44. The first-order valence-corrected chi connectivity index (χ1v) is 7.11. The molecule has 1 fully saturated rings. The van der Waals surface area contributed by atoms with Crippen molar-refractivity contribution >= 4 is 16.7 Å². The molecular formula is C17H19NO2. The molecule has 0 radical (unpaired) electrons. The minimum atomic E-state index is -0.293. The highest BCUT2D eigenvalue weighted by atomic mass is 16.3. The molecule has 0 aliphatic heterocycles. The lowest BCUT2D eigenvalue weighted by molar-refractivity contribution is -0.132. The smallest absolute Gasteiger partial charge is 0.223 e. The largest absolute Gasteiger partial charge is 0.508 e. The molecule has 3 rings (SSSR count). The molecule has 0 spiro atoms. The van der Waals surface area contributed by atoms with E-state index in [0.717, 1.165) is 42.9 Å². The number of phenolic OH excluding ortho intramolecular Hbond substituents is 1. The van der Waals surface area contributed by atoms with Gasteiger partial charge in [0.05, 0.1) is 0 Å². The van der Waals surface area contributed by atoms with E-state index in [-0.39, 0.29) is 17.1 Å². The summed E-state index contributed by atoms with van der Waals surface area (Å²) >= 11 is 0. The summed E-state index contributed by atoms with van der Waals surface area (Å²) < 4.78 is 0. The van der Waals surface area contributed by atoms with E-state index < -0.39 is 0 Å². The van der Waals surface area contributed by atoms with Gasteiger partial charge in [0, 0.05) is 5.41 Å². The van der Waals surface area contributed by atoms with Gasteiger partial charge >= 0.3 is 0 Å². The first-order valence-electron chi connectivity index (χ1n) is 7.11. The molecule has 20 heavy (non-hydrogen) atoms. The first-order chi connectivity index (χ1) is 9.61. The molecular weight excluding hydrogens is 250 g/mol. The summed E-state index contributed by atoms with van der Waals surface area (Å²) in [5, 5.41) is 11.8. The average molecular weight is 269 g/mol. The van der Waals surface area contributed by atoms with Crippen molar-refractivity contribution in [1.29, 1.82) is 0 Å². The van der Waals surface area contributed by atoms with Gasteiger partial charge in [0.25, 0.3) is 0 Å². The topological polar surface area (TPSA) is 63.3 Å². The van der Waals surface area contributed by atoms with Crippen molar-refractivity contribution in [2.24, 2.45) is 11.1 Å². The summed E-state index contributed by atoms with van der Waals surface area (Å²) in [6.45, 7) is 0. The molecule has 3 nitrogen and oxygen atoms in total. The highest BCUT2D eigenvalue weighted by molar-refractivity contribution is 5.87. The number of carbonyl (C=O) groups is 1. The third-order valence-corrected chi connectivity index (χ3v) is 4.66. The highest BCUT2D eigenvalue weighted by Gasteiger charge is 2.41. The van der Waals surface area contributed by atoms with Crippen LogP contribution in [0.4, 0.5) is 0 Å². The van der Waals surface area contributed by atoms with E-state index in [0.29, 0.717) is 0 Å². The quantitative estimate of drug-likeness (QED) is 0.895. The minimum Gasteiger partial charge on any atom is -0.508 e. The standard InChI is InChI=1S/C17H19NO2/c18-16(20)17(8-2-9-17)10-7-13-4-1-3-12-5-6-14(19)11-15(12)13/h1,3-6,11,19H,2,7-10H2,(H2,18,20). The van der Waals surface area contributed by atoms with Gasteiger partial charge in [-0.1, -0.05) is 30.7 Å². The normalized spacial score (nSPS) is 16.8. The Morgan fingerprint density at radius 3 is 2.70 bits per heavy atom. The lowest BCUT2D eigenvalue weighted by atomic mass is 9.65. The zero-order valence-corrected chi connectivity index (χ0v) is 11.4. The Hall–Kier alpha value is -2.03. The molecule has 1 amide bonds. The summed E-state index contributed by atoms with van der Waals surface area (Å²) in [6.07, 6.45) is 4.55. The Balaban J connectivity index is 1.88. The number of hydrogen-bond donors (Lipinski definition) is 2. The average Bonchev–Trinajstić information content (AvgIpc) is 2.37. The zero-order chi connectivity index (χ0) is 14.2.